The van der Waals surface area contributed by atoms with Gasteiger partial charge in [0, 0.05) is 17.6 Å². The molecule has 2 atom stereocenters. The van der Waals surface area contributed by atoms with Gasteiger partial charge < -0.3 is 10.2 Å². The van der Waals surface area contributed by atoms with E-state index in [0.29, 0.717) is 12.2 Å². The summed E-state index contributed by atoms with van der Waals surface area (Å²) in [4.78, 5) is 11.8. The lowest BCUT2D eigenvalue weighted by molar-refractivity contribution is -0.109. The van der Waals surface area contributed by atoms with Gasteiger partial charge in [-0.25, -0.2) is 0 Å². The van der Waals surface area contributed by atoms with Crippen LogP contribution in [0.4, 0.5) is 0 Å². The van der Waals surface area contributed by atoms with E-state index in [1.165, 1.54) is 49.3 Å². The highest BCUT2D eigenvalue weighted by atomic mass is 32.2. The van der Waals surface area contributed by atoms with E-state index in [1.807, 2.05) is 11.4 Å². The van der Waals surface area contributed by atoms with Crippen LogP contribution in [0.5, 0.6) is 0 Å². The van der Waals surface area contributed by atoms with Gasteiger partial charge in [-0.1, -0.05) is 37.9 Å². The van der Waals surface area contributed by atoms with Crippen molar-refractivity contribution in [3.8, 4) is 0 Å². The van der Waals surface area contributed by atoms with Gasteiger partial charge in [-0.15, -0.1) is 11.3 Å². The smallest absolute Gasteiger partial charge is 0.185 e. The van der Waals surface area contributed by atoms with Crippen molar-refractivity contribution in [1.82, 2.24) is 0 Å². The number of rotatable bonds is 10. The highest BCUT2D eigenvalue weighted by molar-refractivity contribution is 8.13. The number of carbonyl (C=O) groups is 1. The van der Waals surface area contributed by atoms with E-state index < -0.39 is 12.2 Å². The van der Waals surface area contributed by atoms with Crippen molar-refractivity contribution in [2.75, 3.05) is 5.75 Å². The Morgan fingerprint density at radius 3 is 2.76 bits per heavy atom. The molecule has 2 N–H and O–H groups in total. The predicted octanol–water partition coefficient (Wildman–Crippen LogP) is 3.94. The first-order valence-electron chi connectivity index (χ1n) is 7.62. The van der Waals surface area contributed by atoms with Gasteiger partial charge in [-0.05, 0) is 36.3 Å². The summed E-state index contributed by atoms with van der Waals surface area (Å²) >= 11 is 2.70. The third-order valence-corrected chi connectivity index (χ3v) is 5.31. The van der Waals surface area contributed by atoms with Gasteiger partial charge in [-0.2, -0.15) is 0 Å². The Kier molecular flexibility index (Phi) is 9.24. The molecule has 0 aliphatic rings. The van der Waals surface area contributed by atoms with Crippen molar-refractivity contribution in [3.63, 3.8) is 0 Å². The lowest BCUT2D eigenvalue weighted by atomic mass is 10.0. The molecule has 0 amide bonds. The number of thiophene rings is 1. The zero-order chi connectivity index (χ0) is 15.7. The lowest BCUT2D eigenvalue weighted by Gasteiger charge is -2.18. The van der Waals surface area contributed by atoms with Crippen molar-refractivity contribution in [2.45, 2.75) is 64.6 Å². The summed E-state index contributed by atoms with van der Waals surface area (Å²) in [6.45, 7) is 3.70. The van der Waals surface area contributed by atoms with Gasteiger partial charge in [-0.3, -0.25) is 4.79 Å². The van der Waals surface area contributed by atoms with Crippen LogP contribution in [0, 0.1) is 0 Å². The zero-order valence-electron chi connectivity index (χ0n) is 12.9. The molecule has 21 heavy (non-hydrogen) atoms. The minimum absolute atomic E-state index is 0.0458. The van der Waals surface area contributed by atoms with Gasteiger partial charge in [0.2, 0.25) is 0 Å². The average molecular weight is 331 g/mol. The molecular formula is C16H26O3S2. The first kappa shape index (κ1) is 18.7. The summed E-state index contributed by atoms with van der Waals surface area (Å²) < 4.78 is 0. The van der Waals surface area contributed by atoms with Crippen molar-refractivity contribution < 1.29 is 15.0 Å². The van der Waals surface area contributed by atoms with Crippen LogP contribution in [-0.4, -0.2) is 27.2 Å². The highest BCUT2D eigenvalue weighted by Gasteiger charge is 2.22. The Labute approximate surface area is 135 Å². The van der Waals surface area contributed by atoms with Crippen molar-refractivity contribution >= 4 is 28.2 Å². The molecule has 0 aliphatic heterocycles. The maximum atomic E-state index is 10.9. The Morgan fingerprint density at radius 2 is 2.10 bits per heavy atom. The van der Waals surface area contributed by atoms with Crippen LogP contribution in [0.3, 0.4) is 0 Å². The number of hydrogen-bond donors (Lipinski definition) is 2. The largest absolute Gasteiger partial charge is 0.390 e. The van der Waals surface area contributed by atoms with Gasteiger partial charge in [0.05, 0.1) is 6.10 Å². The molecule has 0 saturated heterocycles. The summed E-state index contributed by atoms with van der Waals surface area (Å²) in [5.74, 6) is 0.546. The van der Waals surface area contributed by atoms with E-state index in [-0.39, 0.29) is 5.12 Å². The van der Waals surface area contributed by atoms with Crippen LogP contribution in [0.1, 0.15) is 62.5 Å². The summed E-state index contributed by atoms with van der Waals surface area (Å²) in [5.41, 5.74) is 1.15. The summed E-state index contributed by atoms with van der Waals surface area (Å²) in [6.07, 6.45) is 4.55. The standard InChI is InChI=1S/C16H26O3S2/c1-3-4-5-6-7-13-8-10-21-16(13)15(19)14(18)9-11-20-12(2)17/h8,10,14-15,18-19H,3-7,9,11H2,1-2H3. The number of aliphatic hydroxyl groups excluding tert-OH is 2. The molecule has 0 radical (unpaired) electrons. The Bertz CT molecular complexity index is 417. The zero-order valence-corrected chi connectivity index (χ0v) is 14.5. The molecule has 1 heterocycles. The normalized spacial score (nSPS) is 14.1. The maximum Gasteiger partial charge on any atom is 0.185 e. The van der Waals surface area contributed by atoms with Crippen LogP contribution in [0.15, 0.2) is 11.4 Å². The van der Waals surface area contributed by atoms with Gasteiger partial charge in [0.1, 0.15) is 6.10 Å². The van der Waals surface area contributed by atoms with Gasteiger partial charge in [0.25, 0.3) is 0 Å². The number of carbonyl (C=O) groups excluding carboxylic acids is 1. The fourth-order valence-corrected chi connectivity index (χ4v) is 3.86. The fourth-order valence-electron chi connectivity index (χ4n) is 2.21. The van der Waals surface area contributed by atoms with Crippen LogP contribution in [0.2, 0.25) is 0 Å². The van der Waals surface area contributed by atoms with Gasteiger partial charge in [0.15, 0.2) is 5.12 Å². The van der Waals surface area contributed by atoms with E-state index in [2.05, 4.69) is 6.92 Å². The molecule has 1 aromatic rings. The second-order valence-corrected chi connectivity index (χ2v) is 7.48. The third-order valence-electron chi connectivity index (χ3n) is 3.43. The second-order valence-electron chi connectivity index (χ2n) is 5.26. The molecule has 0 saturated carbocycles. The van der Waals surface area contributed by atoms with Crippen molar-refractivity contribution in [2.24, 2.45) is 0 Å². The van der Waals surface area contributed by atoms with Crippen molar-refractivity contribution in [1.29, 1.82) is 0 Å². The first-order valence-corrected chi connectivity index (χ1v) is 9.48. The minimum atomic E-state index is -0.835. The second kappa shape index (κ2) is 10.4. The van der Waals surface area contributed by atoms with E-state index in [0.717, 1.165) is 23.3 Å². The minimum Gasteiger partial charge on any atom is -0.390 e. The molecule has 2 unspecified atom stereocenters. The lowest BCUT2D eigenvalue weighted by Crippen LogP contribution is -2.19. The predicted molar refractivity (Wildman–Crippen MR) is 90.9 cm³/mol. The van der Waals surface area contributed by atoms with E-state index in [1.54, 1.807) is 0 Å². The van der Waals surface area contributed by atoms with E-state index in [4.69, 9.17) is 0 Å². The molecule has 3 nitrogen and oxygen atoms in total. The Hall–Kier alpha value is -0.360. The van der Waals surface area contributed by atoms with Crippen LogP contribution < -0.4 is 0 Å². The number of unbranched alkanes of at least 4 members (excludes halogenated alkanes) is 3. The molecule has 1 rings (SSSR count). The SMILES string of the molecule is CCCCCCc1ccsc1C(O)C(O)CCSC(C)=O. The van der Waals surface area contributed by atoms with E-state index in [9.17, 15) is 15.0 Å². The molecule has 0 fully saturated rings. The molecular weight excluding hydrogens is 304 g/mol. The molecule has 5 heteroatoms. The topological polar surface area (TPSA) is 57.5 Å². The number of thioether (sulfide) groups is 1. The third kappa shape index (κ3) is 6.96. The maximum absolute atomic E-state index is 10.9. The molecule has 0 aromatic carbocycles. The number of aliphatic hydroxyl groups is 2. The first-order chi connectivity index (χ1) is 10.1. The Morgan fingerprint density at radius 1 is 1.33 bits per heavy atom. The summed E-state index contributed by atoms with van der Waals surface area (Å²) in [7, 11) is 0. The quantitative estimate of drug-likeness (QED) is 0.638. The van der Waals surface area contributed by atoms with Crippen LogP contribution in [0.25, 0.3) is 0 Å². The fraction of sp³-hybridized carbons (Fsp3) is 0.688. The Balaban J connectivity index is 2.47. The van der Waals surface area contributed by atoms with Gasteiger partial charge >= 0.3 is 0 Å². The molecule has 0 bridgehead atoms. The number of aryl methyl sites for hydroxylation is 1. The average Bonchev–Trinajstić information content (AvgIpc) is 2.90. The molecule has 120 valence electrons. The van der Waals surface area contributed by atoms with Crippen LogP contribution >= 0.6 is 23.1 Å². The van der Waals surface area contributed by atoms with E-state index >= 15 is 0 Å². The van der Waals surface area contributed by atoms with Crippen LogP contribution in [-0.2, 0) is 11.2 Å². The molecule has 0 spiro atoms. The highest BCUT2D eigenvalue weighted by Crippen LogP contribution is 2.29. The monoisotopic (exact) mass is 330 g/mol. The molecule has 1 aromatic heterocycles. The van der Waals surface area contributed by atoms with Crippen molar-refractivity contribution in [3.05, 3.63) is 21.9 Å². The molecule has 0 aliphatic carbocycles. The summed E-state index contributed by atoms with van der Waals surface area (Å²) in [5, 5.41) is 22.4. The number of hydrogen-bond acceptors (Lipinski definition) is 5. The summed E-state index contributed by atoms with van der Waals surface area (Å²) in [6, 6.07) is 2.05.